The number of fused-ring (bicyclic) bond motifs is 1. The van der Waals surface area contributed by atoms with Gasteiger partial charge in [0.25, 0.3) is 5.91 Å². The number of carbonyl (C=O) groups excluding carboxylic acids is 2. The lowest BCUT2D eigenvalue weighted by Gasteiger charge is -2.11. The van der Waals surface area contributed by atoms with Crippen LogP contribution in [-0.2, 0) is 11.2 Å². The van der Waals surface area contributed by atoms with Gasteiger partial charge in [-0.3, -0.25) is 9.59 Å². The van der Waals surface area contributed by atoms with E-state index in [2.05, 4.69) is 20.5 Å². The van der Waals surface area contributed by atoms with E-state index in [0.29, 0.717) is 33.5 Å². The second-order valence-electron chi connectivity index (χ2n) is 7.97. The van der Waals surface area contributed by atoms with Crippen LogP contribution in [0.3, 0.4) is 0 Å². The summed E-state index contributed by atoms with van der Waals surface area (Å²) in [6, 6.07) is 16.4. The third kappa shape index (κ3) is 6.27. The third-order valence-electron chi connectivity index (χ3n) is 5.07. The molecule has 0 unspecified atom stereocenters. The van der Waals surface area contributed by atoms with Crippen LogP contribution in [0.1, 0.15) is 15.9 Å². The van der Waals surface area contributed by atoms with Crippen LogP contribution in [0.4, 0.5) is 11.4 Å². The molecule has 4 rings (SSSR count). The van der Waals surface area contributed by atoms with Crippen LogP contribution >= 0.6 is 11.8 Å². The zero-order valence-electron chi connectivity index (χ0n) is 19.0. The van der Waals surface area contributed by atoms with Crippen molar-refractivity contribution in [3.8, 4) is 11.5 Å². The molecule has 8 nitrogen and oxygen atoms in total. The summed E-state index contributed by atoms with van der Waals surface area (Å²) in [5, 5.41) is 6.23. The van der Waals surface area contributed by atoms with Gasteiger partial charge in [-0.1, -0.05) is 23.9 Å². The van der Waals surface area contributed by atoms with Crippen molar-refractivity contribution in [2.45, 2.75) is 11.4 Å². The summed E-state index contributed by atoms with van der Waals surface area (Å²) < 4.78 is 10.6. The van der Waals surface area contributed by atoms with Gasteiger partial charge >= 0.3 is 0 Å². The molecule has 3 aromatic rings. The zero-order chi connectivity index (χ0) is 23.9. The molecule has 9 heteroatoms. The summed E-state index contributed by atoms with van der Waals surface area (Å²) in [6.07, 6.45) is 2.55. The maximum Gasteiger partial charge on any atom is 0.258 e. The largest absolute Gasteiger partial charge is 0.454 e. The first kappa shape index (κ1) is 23.6. The van der Waals surface area contributed by atoms with E-state index in [-0.39, 0.29) is 24.4 Å². The Kier molecular flexibility index (Phi) is 7.66. The second kappa shape index (κ2) is 11.0. The van der Waals surface area contributed by atoms with Crippen molar-refractivity contribution in [3.05, 3.63) is 71.9 Å². The van der Waals surface area contributed by atoms with E-state index >= 15 is 0 Å². The summed E-state index contributed by atoms with van der Waals surface area (Å²) in [5.41, 5.74) is 2.94. The van der Waals surface area contributed by atoms with Gasteiger partial charge in [0.05, 0.1) is 11.3 Å². The molecule has 0 saturated carbocycles. The predicted molar refractivity (Wildman–Crippen MR) is 133 cm³/mol. The first-order valence-electron chi connectivity index (χ1n) is 10.8. The first-order chi connectivity index (χ1) is 16.5. The maximum absolute atomic E-state index is 12.9. The molecule has 0 fully saturated rings. The number of anilines is 2. The number of benzene rings is 2. The van der Waals surface area contributed by atoms with E-state index in [1.54, 1.807) is 36.5 Å². The molecule has 0 atom stereocenters. The van der Waals surface area contributed by atoms with Crippen LogP contribution in [0, 0.1) is 0 Å². The van der Waals surface area contributed by atoms with Crippen molar-refractivity contribution in [1.82, 2.24) is 9.88 Å². The Morgan fingerprint density at radius 2 is 1.76 bits per heavy atom. The van der Waals surface area contributed by atoms with Crippen molar-refractivity contribution in [1.29, 1.82) is 0 Å². The Labute approximate surface area is 202 Å². The van der Waals surface area contributed by atoms with Gasteiger partial charge in [-0.05, 0) is 62.5 Å². The lowest BCUT2D eigenvalue weighted by Crippen LogP contribution is -2.16. The molecule has 2 aromatic carbocycles. The van der Waals surface area contributed by atoms with Crippen LogP contribution in [0.15, 0.2) is 65.8 Å². The number of likely N-dealkylation sites (N-methyl/N-ethyl adjacent to an activating group) is 1. The number of nitrogens with one attached hydrogen (secondary N) is 2. The number of rotatable bonds is 9. The summed E-state index contributed by atoms with van der Waals surface area (Å²) in [4.78, 5) is 31.8. The molecule has 1 aliphatic rings. The molecule has 0 spiro atoms. The second-order valence-corrected chi connectivity index (χ2v) is 8.93. The number of carbonyl (C=O) groups is 2. The van der Waals surface area contributed by atoms with Crippen LogP contribution in [0.5, 0.6) is 11.5 Å². The Morgan fingerprint density at radius 3 is 2.56 bits per heavy atom. The summed E-state index contributed by atoms with van der Waals surface area (Å²) in [7, 11) is 4.08. The Morgan fingerprint density at radius 1 is 1.00 bits per heavy atom. The van der Waals surface area contributed by atoms with E-state index in [1.807, 2.05) is 38.4 Å². The normalized spacial score (nSPS) is 12.0. The summed E-state index contributed by atoms with van der Waals surface area (Å²) in [6.45, 7) is 1.14. The molecule has 2 amide bonds. The fourth-order valence-corrected chi connectivity index (χ4v) is 4.08. The number of aromatic nitrogens is 1. The fourth-order valence-electron chi connectivity index (χ4n) is 3.29. The number of ether oxygens (including phenoxy) is 2. The standard InChI is InChI=1S/C25H26N4O4S/c1-29(2)13-11-17-5-7-18(8-6-17)28-24(31)20-4-3-12-26-25(20)34-15-23(30)27-19-9-10-21-22(14-19)33-16-32-21/h3-10,12,14H,11,13,15-16H2,1-2H3,(H,27,30)(H,28,31). The first-order valence-corrected chi connectivity index (χ1v) is 11.8. The van der Waals surface area contributed by atoms with Crippen LogP contribution in [0.25, 0.3) is 0 Å². The highest BCUT2D eigenvalue weighted by Crippen LogP contribution is 2.34. The monoisotopic (exact) mass is 478 g/mol. The van der Waals surface area contributed by atoms with Crippen molar-refractivity contribution < 1.29 is 19.1 Å². The zero-order valence-corrected chi connectivity index (χ0v) is 19.9. The smallest absolute Gasteiger partial charge is 0.258 e. The number of thioether (sulfide) groups is 1. The minimum Gasteiger partial charge on any atom is -0.454 e. The van der Waals surface area contributed by atoms with Gasteiger partial charge in [0.15, 0.2) is 11.5 Å². The molecule has 0 bridgehead atoms. The topological polar surface area (TPSA) is 92.8 Å². The average Bonchev–Trinajstić information content (AvgIpc) is 3.30. The van der Waals surface area contributed by atoms with E-state index in [9.17, 15) is 9.59 Å². The summed E-state index contributed by atoms with van der Waals surface area (Å²) >= 11 is 1.21. The van der Waals surface area contributed by atoms with Crippen molar-refractivity contribution in [2.24, 2.45) is 0 Å². The highest BCUT2D eigenvalue weighted by molar-refractivity contribution is 8.00. The summed E-state index contributed by atoms with van der Waals surface area (Å²) in [5.74, 6) is 0.869. The van der Waals surface area contributed by atoms with Gasteiger partial charge in [-0.15, -0.1) is 0 Å². The van der Waals surface area contributed by atoms with Crippen LogP contribution < -0.4 is 20.1 Å². The third-order valence-corrected chi connectivity index (χ3v) is 6.08. The lowest BCUT2D eigenvalue weighted by molar-refractivity contribution is -0.113. The quantitative estimate of drug-likeness (QED) is 0.451. The molecular formula is C25H26N4O4S. The van der Waals surface area contributed by atoms with Gasteiger partial charge < -0.3 is 25.0 Å². The van der Waals surface area contributed by atoms with Gasteiger partial charge in [0.2, 0.25) is 12.7 Å². The Bertz CT molecular complexity index is 1170. The van der Waals surface area contributed by atoms with Gasteiger partial charge in [0, 0.05) is 30.2 Å². The molecule has 2 N–H and O–H groups in total. The number of hydrogen-bond acceptors (Lipinski definition) is 7. The number of amides is 2. The average molecular weight is 479 g/mol. The van der Waals surface area contributed by atoms with Gasteiger partial charge in [-0.2, -0.15) is 0 Å². The van der Waals surface area contributed by atoms with Crippen LogP contribution in [0.2, 0.25) is 0 Å². The highest BCUT2D eigenvalue weighted by atomic mass is 32.2. The van der Waals surface area contributed by atoms with E-state index in [1.165, 1.54) is 17.3 Å². The molecule has 176 valence electrons. The molecule has 34 heavy (non-hydrogen) atoms. The van der Waals surface area contributed by atoms with E-state index in [4.69, 9.17) is 9.47 Å². The number of nitrogens with zero attached hydrogens (tertiary/aromatic N) is 2. The van der Waals surface area contributed by atoms with Crippen molar-refractivity contribution in [2.75, 3.05) is 43.8 Å². The van der Waals surface area contributed by atoms with Gasteiger partial charge in [-0.25, -0.2) is 4.98 Å². The number of hydrogen-bond donors (Lipinski definition) is 2. The minimum atomic E-state index is -0.271. The Hall–Kier alpha value is -3.56. The molecule has 1 aromatic heterocycles. The molecule has 2 heterocycles. The van der Waals surface area contributed by atoms with Crippen molar-refractivity contribution >= 4 is 35.0 Å². The minimum absolute atomic E-state index is 0.103. The highest BCUT2D eigenvalue weighted by Gasteiger charge is 2.16. The predicted octanol–water partition coefficient (Wildman–Crippen LogP) is 3.90. The SMILES string of the molecule is CN(C)CCc1ccc(NC(=O)c2cccnc2SCC(=O)Nc2ccc3c(c2)OCO3)cc1. The maximum atomic E-state index is 12.9. The molecule has 1 aliphatic heterocycles. The van der Waals surface area contributed by atoms with Gasteiger partial charge in [0.1, 0.15) is 5.03 Å². The van der Waals surface area contributed by atoms with Crippen molar-refractivity contribution in [3.63, 3.8) is 0 Å². The molecule has 0 saturated heterocycles. The molecule has 0 aliphatic carbocycles. The Balaban J connectivity index is 1.33. The molecule has 0 radical (unpaired) electrons. The lowest BCUT2D eigenvalue weighted by atomic mass is 10.1. The number of pyridine rings is 1. The van der Waals surface area contributed by atoms with Crippen LogP contribution in [-0.4, -0.2) is 54.9 Å². The molecular weight excluding hydrogens is 452 g/mol. The van der Waals surface area contributed by atoms with E-state index in [0.717, 1.165) is 13.0 Å². The van der Waals surface area contributed by atoms with E-state index < -0.39 is 0 Å². The fraction of sp³-hybridized carbons (Fsp3) is 0.240.